The van der Waals surface area contributed by atoms with Gasteiger partial charge in [0.25, 0.3) is 0 Å². The van der Waals surface area contributed by atoms with E-state index in [0.29, 0.717) is 23.7 Å². The van der Waals surface area contributed by atoms with Crippen LogP contribution in [0.15, 0.2) is 18.2 Å². The number of rotatable bonds is 7. The van der Waals surface area contributed by atoms with Gasteiger partial charge in [-0.1, -0.05) is 18.9 Å². The van der Waals surface area contributed by atoms with Crippen LogP contribution < -0.4 is 9.47 Å². The standard InChI is InChI=1S/C17H25NO3/c1-20-16-9-6-8-15(14-19)17(16)21-13-7-12-18-10-4-2-3-5-11-18/h6,8-9,14H,2-5,7,10-13H2,1H3. The Morgan fingerprint density at radius 3 is 2.62 bits per heavy atom. The van der Waals surface area contributed by atoms with E-state index in [1.807, 2.05) is 6.07 Å². The van der Waals surface area contributed by atoms with E-state index in [1.54, 1.807) is 19.2 Å². The topological polar surface area (TPSA) is 38.8 Å². The molecule has 4 nitrogen and oxygen atoms in total. The molecule has 1 heterocycles. The average molecular weight is 291 g/mol. The predicted molar refractivity (Wildman–Crippen MR) is 83.4 cm³/mol. The van der Waals surface area contributed by atoms with E-state index in [-0.39, 0.29) is 0 Å². The molecule has 0 unspecified atom stereocenters. The molecule has 1 aliphatic rings. The fraction of sp³-hybridized carbons (Fsp3) is 0.588. The molecule has 1 fully saturated rings. The number of carbonyl (C=O) groups excluding carboxylic acids is 1. The minimum atomic E-state index is 0.545. The second-order valence-corrected chi connectivity index (χ2v) is 5.45. The van der Waals surface area contributed by atoms with Gasteiger partial charge >= 0.3 is 0 Å². The molecule has 0 radical (unpaired) electrons. The fourth-order valence-electron chi connectivity index (χ4n) is 2.76. The van der Waals surface area contributed by atoms with E-state index in [2.05, 4.69) is 4.90 Å². The monoisotopic (exact) mass is 291 g/mol. The third-order valence-corrected chi connectivity index (χ3v) is 3.92. The van der Waals surface area contributed by atoms with Crippen LogP contribution in [-0.2, 0) is 0 Å². The van der Waals surface area contributed by atoms with Gasteiger partial charge in [0, 0.05) is 6.54 Å². The molecule has 1 aromatic carbocycles. The molecule has 0 aromatic heterocycles. The van der Waals surface area contributed by atoms with Gasteiger partial charge in [-0.15, -0.1) is 0 Å². The molecular weight excluding hydrogens is 266 g/mol. The van der Waals surface area contributed by atoms with Crippen molar-refractivity contribution in [2.24, 2.45) is 0 Å². The highest BCUT2D eigenvalue weighted by molar-refractivity contribution is 5.81. The van der Waals surface area contributed by atoms with E-state index >= 15 is 0 Å². The van der Waals surface area contributed by atoms with Gasteiger partial charge < -0.3 is 14.4 Å². The maximum absolute atomic E-state index is 11.1. The number of para-hydroxylation sites is 1. The van der Waals surface area contributed by atoms with Crippen LogP contribution in [-0.4, -0.2) is 44.5 Å². The van der Waals surface area contributed by atoms with Gasteiger partial charge in [-0.2, -0.15) is 0 Å². The summed E-state index contributed by atoms with van der Waals surface area (Å²) < 4.78 is 11.0. The Labute approximate surface area is 127 Å². The molecular formula is C17H25NO3. The van der Waals surface area contributed by atoms with Crippen molar-refractivity contribution in [3.8, 4) is 11.5 Å². The van der Waals surface area contributed by atoms with Gasteiger partial charge in [-0.3, -0.25) is 4.79 Å². The van der Waals surface area contributed by atoms with Crippen molar-refractivity contribution in [3.63, 3.8) is 0 Å². The van der Waals surface area contributed by atoms with Crippen molar-refractivity contribution < 1.29 is 14.3 Å². The van der Waals surface area contributed by atoms with E-state index in [1.165, 1.54) is 38.8 Å². The Kier molecular flexibility index (Phi) is 6.54. The van der Waals surface area contributed by atoms with Gasteiger partial charge in [-0.05, 0) is 44.5 Å². The number of benzene rings is 1. The summed E-state index contributed by atoms with van der Waals surface area (Å²) in [5.74, 6) is 1.18. The van der Waals surface area contributed by atoms with E-state index in [4.69, 9.17) is 9.47 Å². The third-order valence-electron chi connectivity index (χ3n) is 3.92. The zero-order valence-corrected chi connectivity index (χ0v) is 12.8. The summed E-state index contributed by atoms with van der Waals surface area (Å²) in [6, 6.07) is 5.36. The number of nitrogens with zero attached hydrogens (tertiary/aromatic N) is 1. The molecule has 2 rings (SSSR count). The smallest absolute Gasteiger partial charge is 0.171 e. The summed E-state index contributed by atoms with van der Waals surface area (Å²) in [4.78, 5) is 13.6. The van der Waals surface area contributed by atoms with Gasteiger partial charge in [-0.25, -0.2) is 0 Å². The summed E-state index contributed by atoms with van der Waals surface area (Å²) in [7, 11) is 1.59. The van der Waals surface area contributed by atoms with Crippen LogP contribution in [0.4, 0.5) is 0 Å². The van der Waals surface area contributed by atoms with Crippen LogP contribution in [0.1, 0.15) is 42.5 Å². The quantitative estimate of drug-likeness (QED) is 0.571. The van der Waals surface area contributed by atoms with Crippen LogP contribution >= 0.6 is 0 Å². The largest absolute Gasteiger partial charge is 0.493 e. The third kappa shape index (κ3) is 4.74. The van der Waals surface area contributed by atoms with Gasteiger partial charge in [0.15, 0.2) is 17.8 Å². The molecule has 0 atom stereocenters. The highest BCUT2D eigenvalue weighted by Crippen LogP contribution is 2.30. The summed E-state index contributed by atoms with van der Waals surface area (Å²) in [5, 5.41) is 0. The maximum atomic E-state index is 11.1. The first-order valence-electron chi connectivity index (χ1n) is 7.82. The van der Waals surface area contributed by atoms with Crippen molar-refractivity contribution in [2.75, 3.05) is 33.4 Å². The van der Waals surface area contributed by atoms with E-state index in [9.17, 15) is 4.79 Å². The summed E-state index contributed by atoms with van der Waals surface area (Å²) in [6.45, 7) is 4.08. The van der Waals surface area contributed by atoms with E-state index < -0.39 is 0 Å². The van der Waals surface area contributed by atoms with Gasteiger partial charge in [0.2, 0.25) is 0 Å². The predicted octanol–water partition coefficient (Wildman–Crippen LogP) is 3.15. The molecule has 0 amide bonds. The Bertz CT molecular complexity index is 440. The molecule has 0 N–H and O–H groups in total. The Hall–Kier alpha value is -1.55. The van der Waals surface area contributed by atoms with Gasteiger partial charge in [0.1, 0.15) is 0 Å². The van der Waals surface area contributed by atoms with Crippen molar-refractivity contribution in [3.05, 3.63) is 23.8 Å². The van der Waals surface area contributed by atoms with Crippen LogP contribution in [0.5, 0.6) is 11.5 Å². The summed E-state index contributed by atoms with van der Waals surface area (Å²) >= 11 is 0. The average Bonchev–Trinajstić information content (AvgIpc) is 2.80. The SMILES string of the molecule is COc1cccc(C=O)c1OCCCN1CCCCCC1. The number of carbonyl (C=O) groups is 1. The molecule has 0 saturated carbocycles. The van der Waals surface area contributed by atoms with Crippen LogP contribution in [0.25, 0.3) is 0 Å². The second kappa shape index (κ2) is 8.67. The molecule has 0 aliphatic carbocycles. The fourth-order valence-corrected chi connectivity index (χ4v) is 2.76. The second-order valence-electron chi connectivity index (χ2n) is 5.45. The highest BCUT2D eigenvalue weighted by Gasteiger charge is 2.11. The number of aldehydes is 1. The first-order valence-corrected chi connectivity index (χ1v) is 7.82. The molecule has 1 aromatic rings. The van der Waals surface area contributed by atoms with Crippen LogP contribution in [0.2, 0.25) is 0 Å². The van der Waals surface area contributed by atoms with Crippen molar-refractivity contribution >= 4 is 6.29 Å². The first-order chi connectivity index (χ1) is 10.3. The van der Waals surface area contributed by atoms with Gasteiger partial charge in [0.05, 0.1) is 19.3 Å². The van der Waals surface area contributed by atoms with Crippen molar-refractivity contribution in [2.45, 2.75) is 32.1 Å². The zero-order chi connectivity index (χ0) is 14.9. The number of likely N-dealkylation sites (tertiary alicyclic amines) is 1. The number of ether oxygens (including phenoxy) is 2. The Morgan fingerprint density at radius 2 is 1.95 bits per heavy atom. The minimum absolute atomic E-state index is 0.545. The zero-order valence-electron chi connectivity index (χ0n) is 12.8. The van der Waals surface area contributed by atoms with Crippen LogP contribution in [0, 0.1) is 0 Å². The van der Waals surface area contributed by atoms with E-state index in [0.717, 1.165) is 19.3 Å². The Balaban J connectivity index is 1.81. The number of methoxy groups -OCH3 is 1. The first kappa shape index (κ1) is 15.8. The lowest BCUT2D eigenvalue weighted by atomic mass is 10.2. The maximum Gasteiger partial charge on any atom is 0.171 e. The van der Waals surface area contributed by atoms with Crippen molar-refractivity contribution in [1.82, 2.24) is 4.90 Å². The minimum Gasteiger partial charge on any atom is -0.493 e. The lowest BCUT2D eigenvalue weighted by Crippen LogP contribution is -2.26. The number of hydrogen-bond acceptors (Lipinski definition) is 4. The highest BCUT2D eigenvalue weighted by atomic mass is 16.5. The van der Waals surface area contributed by atoms with Crippen LogP contribution in [0.3, 0.4) is 0 Å². The molecule has 0 bridgehead atoms. The summed E-state index contributed by atoms with van der Waals surface area (Å²) in [5.41, 5.74) is 0.545. The Morgan fingerprint density at radius 1 is 1.19 bits per heavy atom. The molecule has 1 aliphatic heterocycles. The normalized spacial score (nSPS) is 16.2. The summed E-state index contributed by atoms with van der Waals surface area (Å²) in [6.07, 6.45) is 7.11. The molecule has 4 heteroatoms. The molecule has 116 valence electrons. The lowest BCUT2D eigenvalue weighted by molar-refractivity contribution is 0.111. The van der Waals surface area contributed by atoms with Crippen molar-refractivity contribution in [1.29, 1.82) is 0 Å². The molecule has 21 heavy (non-hydrogen) atoms. The molecule has 1 saturated heterocycles. The number of hydrogen-bond donors (Lipinski definition) is 0. The molecule has 0 spiro atoms. The lowest BCUT2D eigenvalue weighted by Gasteiger charge is -2.20.